The normalized spacial score (nSPS) is 18.9. The highest BCUT2D eigenvalue weighted by Crippen LogP contribution is 2.17. The fourth-order valence-electron chi connectivity index (χ4n) is 2.05. The highest BCUT2D eigenvalue weighted by atomic mass is 32.2. The first-order valence-corrected chi connectivity index (χ1v) is 8.00. The van der Waals surface area contributed by atoms with Crippen molar-refractivity contribution in [1.82, 2.24) is 4.72 Å². The summed E-state index contributed by atoms with van der Waals surface area (Å²) in [5.74, 6) is 4.02. The summed E-state index contributed by atoms with van der Waals surface area (Å²) >= 11 is 0. The Morgan fingerprint density at radius 1 is 1.48 bits per heavy atom. The summed E-state index contributed by atoms with van der Waals surface area (Å²) in [4.78, 5) is -0.414. The zero-order chi connectivity index (χ0) is 15.3. The van der Waals surface area contributed by atoms with E-state index in [4.69, 9.17) is 9.84 Å². The van der Waals surface area contributed by atoms with Crippen LogP contribution in [0, 0.1) is 17.7 Å². The predicted molar refractivity (Wildman–Crippen MR) is 74.5 cm³/mol. The number of benzene rings is 1. The van der Waals surface area contributed by atoms with Crippen LogP contribution in [0.3, 0.4) is 0 Å². The van der Waals surface area contributed by atoms with Gasteiger partial charge in [0.05, 0.1) is 6.61 Å². The van der Waals surface area contributed by atoms with Crippen molar-refractivity contribution in [3.8, 4) is 11.8 Å². The second kappa shape index (κ2) is 7.00. The number of hydrogen-bond donors (Lipinski definition) is 2. The molecule has 1 aliphatic heterocycles. The summed E-state index contributed by atoms with van der Waals surface area (Å²) in [7, 11) is -3.93. The minimum atomic E-state index is -3.93. The minimum absolute atomic E-state index is 0.293. The molecule has 114 valence electrons. The topological polar surface area (TPSA) is 75.6 Å². The Bertz CT molecular complexity index is 657. The Morgan fingerprint density at radius 2 is 2.29 bits per heavy atom. The van der Waals surface area contributed by atoms with E-state index >= 15 is 0 Å². The first-order valence-electron chi connectivity index (χ1n) is 6.52. The predicted octanol–water partition coefficient (Wildman–Crippen LogP) is 0.627. The number of rotatable bonds is 3. The molecule has 21 heavy (non-hydrogen) atoms. The number of sulfonamides is 1. The van der Waals surface area contributed by atoms with Crippen molar-refractivity contribution in [3.63, 3.8) is 0 Å². The van der Waals surface area contributed by atoms with Crippen LogP contribution >= 0.6 is 0 Å². The molecule has 2 rings (SSSR count). The van der Waals surface area contributed by atoms with Gasteiger partial charge in [0.1, 0.15) is 17.3 Å². The van der Waals surface area contributed by atoms with E-state index in [0.29, 0.717) is 25.2 Å². The summed E-state index contributed by atoms with van der Waals surface area (Å²) in [6.45, 7) is 0.566. The van der Waals surface area contributed by atoms with Crippen molar-refractivity contribution in [2.45, 2.75) is 23.8 Å². The molecule has 1 aromatic carbocycles. The lowest BCUT2D eigenvalue weighted by atomic mass is 10.1. The van der Waals surface area contributed by atoms with Crippen LogP contribution in [0.25, 0.3) is 0 Å². The van der Waals surface area contributed by atoms with E-state index in [-0.39, 0.29) is 12.6 Å². The minimum Gasteiger partial charge on any atom is -0.384 e. The Kier molecular flexibility index (Phi) is 5.31. The molecule has 0 bridgehead atoms. The molecular formula is C14H16FNO4S. The second-order valence-electron chi connectivity index (χ2n) is 4.64. The monoisotopic (exact) mass is 313 g/mol. The SMILES string of the molecule is O=S(=O)(NC1CCCOC1)c1ccc(C#CCO)cc1F. The maximum Gasteiger partial charge on any atom is 0.243 e. The fraction of sp³-hybridized carbons (Fsp3) is 0.429. The number of nitrogens with one attached hydrogen (secondary N) is 1. The van der Waals surface area contributed by atoms with Gasteiger partial charge < -0.3 is 9.84 Å². The third kappa shape index (κ3) is 4.25. The van der Waals surface area contributed by atoms with E-state index in [1.807, 2.05) is 0 Å². The van der Waals surface area contributed by atoms with Crippen LogP contribution in [0.4, 0.5) is 4.39 Å². The average Bonchev–Trinajstić information content (AvgIpc) is 2.45. The molecule has 1 fully saturated rings. The molecule has 2 N–H and O–H groups in total. The smallest absolute Gasteiger partial charge is 0.243 e. The fourth-order valence-corrected chi connectivity index (χ4v) is 3.37. The maximum absolute atomic E-state index is 13.9. The molecule has 0 spiro atoms. The van der Waals surface area contributed by atoms with Crippen LogP contribution in [-0.2, 0) is 14.8 Å². The van der Waals surface area contributed by atoms with Gasteiger partial charge in [0.15, 0.2) is 0 Å². The summed E-state index contributed by atoms with van der Waals surface area (Å²) in [6.07, 6.45) is 1.44. The van der Waals surface area contributed by atoms with E-state index in [1.54, 1.807) is 0 Å². The van der Waals surface area contributed by atoms with E-state index in [0.717, 1.165) is 12.5 Å². The highest BCUT2D eigenvalue weighted by molar-refractivity contribution is 7.89. The molecule has 1 saturated heterocycles. The van der Waals surface area contributed by atoms with Gasteiger partial charge in [-0.3, -0.25) is 0 Å². The summed E-state index contributed by atoms with van der Waals surface area (Å²) in [5, 5.41) is 8.58. The first-order chi connectivity index (χ1) is 10.0. The average molecular weight is 313 g/mol. The molecule has 0 saturated carbocycles. The van der Waals surface area contributed by atoms with Gasteiger partial charge >= 0.3 is 0 Å². The molecule has 1 heterocycles. The molecule has 7 heteroatoms. The van der Waals surface area contributed by atoms with Gasteiger partial charge in [0.2, 0.25) is 10.0 Å². The molecule has 1 aromatic rings. The zero-order valence-corrected chi connectivity index (χ0v) is 12.1. The van der Waals surface area contributed by atoms with E-state index < -0.39 is 20.7 Å². The van der Waals surface area contributed by atoms with Gasteiger partial charge in [-0.1, -0.05) is 11.8 Å². The van der Waals surface area contributed by atoms with Crippen molar-refractivity contribution in [2.75, 3.05) is 19.8 Å². The first kappa shape index (κ1) is 15.9. The van der Waals surface area contributed by atoms with Gasteiger partial charge in [-0.05, 0) is 31.0 Å². The third-order valence-electron chi connectivity index (χ3n) is 3.02. The van der Waals surface area contributed by atoms with Gasteiger partial charge in [-0.2, -0.15) is 0 Å². The number of aliphatic hydroxyl groups excluding tert-OH is 1. The molecule has 0 amide bonds. The van der Waals surface area contributed by atoms with Crippen LogP contribution < -0.4 is 4.72 Å². The van der Waals surface area contributed by atoms with Crippen molar-refractivity contribution in [2.24, 2.45) is 0 Å². The van der Waals surface area contributed by atoms with Gasteiger partial charge in [-0.15, -0.1) is 0 Å². The molecule has 0 aromatic heterocycles. The lowest BCUT2D eigenvalue weighted by Gasteiger charge is -2.23. The number of halogens is 1. The summed E-state index contributed by atoms with van der Waals surface area (Å²) in [6, 6.07) is 3.27. The Balaban J connectivity index is 2.19. The van der Waals surface area contributed by atoms with E-state index in [1.165, 1.54) is 12.1 Å². The molecule has 1 unspecified atom stereocenters. The van der Waals surface area contributed by atoms with Crippen molar-refractivity contribution < 1.29 is 22.7 Å². The van der Waals surface area contributed by atoms with E-state index in [9.17, 15) is 12.8 Å². The lowest BCUT2D eigenvalue weighted by molar-refractivity contribution is 0.0774. The van der Waals surface area contributed by atoms with Crippen LogP contribution in [0.5, 0.6) is 0 Å². The number of hydrogen-bond acceptors (Lipinski definition) is 4. The van der Waals surface area contributed by atoms with Crippen molar-refractivity contribution >= 4 is 10.0 Å². The Hall–Kier alpha value is -1.46. The number of aliphatic hydroxyl groups is 1. The summed E-state index contributed by atoms with van der Waals surface area (Å²) < 4.78 is 45.9. The molecule has 5 nitrogen and oxygen atoms in total. The van der Waals surface area contributed by atoms with E-state index in [2.05, 4.69) is 16.6 Å². The van der Waals surface area contributed by atoms with Gasteiger partial charge in [0.25, 0.3) is 0 Å². The van der Waals surface area contributed by atoms with Crippen LogP contribution in [0.15, 0.2) is 23.1 Å². The molecule has 0 aliphatic carbocycles. The standard InChI is InChI=1S/C14H16FNO4S/c15-13-9-11(3-1-7-17)5-6-14(13)21(18,19)16-12-4-2-8-20-10-12/h5-6,9,12,16-17H,2,4,7-8,10H2. The quantitative estimate of drug-likeness (QED) is 0.803. The highest BCUT2D eigenvalue weighted by Gasteiger charge is 2.24. The van der Waals surface area contributed by atoms with Crippen molar-refractivity contribution in [1.29, 1.82) is 0 Å². The zero-order valence-electron chi connectivity index (χ0n) is 11.3. The van der Waals surface area contributed by atoms with Gasteiger partial charge in [0, 0.05) is 18.2 Å². The lowest BCUT2D eigenvalue weighted by Crippen LogP contribution is -2.40. The van der Waals surface area contributed by atoms with Crippen LogP contribution in [0.1, 0.15) is 18.4 Å². The maximum atomic E-state index is 13.9. The Morgan fingerprint density at radius 3 is 2.90 bits per heavy atom. The molecule has 1 aliphatic rings. The molecule has 1 atom stereocenters. The van der Waals surface area contributed by atoms with Crippen LogP contribution in [0.2, 0.25) is 0 Å². The largest absolute Gasteiger partial charge is 0.384 e. The third-order valence-corrected chi connectivity index (χ3v) is 4.57. The molecular weight excluding hydrogens is 297 g/mol. The Labute approximate surface area is 123 Å². The molecule has 0 radical (unpaired) electrons. The van der Waals surface area contributed by atoms with Gasteiger partial charge in [-0.25, -0.2) is 17.5 Å². The second-order valence-corrected chi connectivity index (χ2v) is 6.32. The number of ether oxygens (including phenoxy) is 1. The summed E-state index contributed by atoms with van der Waals surface area (Å²) in [5.41, 5.74) is 0.307. The van der Waals surface area contributed by atoms with Crippen molar-refractivity contribution in [3.05, 3.63) is 29.6 Å². The van der Waals surface area contributed by atoms with Crippen LogP contribution in [-0.4, -0.2) is 39.4 Å².